The van der Waals surface area contributed by atoms with Crippen LogP contribution in [0.5, 0.6) is 0 Å². The molecule has 0 radical (unpaired) electrons. The maximum atomic E-state index is 13.4. The Morgan fingerprint density at radius 2 is 1.77 bits per heavy atom. The molecule has 0 fully saturated rings. The number of hydrogen-bond donors (Lipinski definition) is 1. The molecule has 26 heavy (non-hydrogen) atoms. The summed E-state index contributed by atoms with van der Waals surface area (Å²) < 4.78 is 52.8. The van der Waals surface area contributed by atoms with Gasteiger partial charge in [0.25, 0.3) is 5.91 Å². The molecule has 0 bridgehead atoms. The Bertz CT molecular complexity index is 892. The number of nitrogens with zero attached hydrogens (tertiary/aromatic N) is 1. The van der Waals surface area contributed by atoms with Gasteiger partial charge in [-0.15, -0.1) is 0 Å². The molecule has 1 aliphatic rings. The fourth-order valence-corrected chi connectivity index (χ4v) is 2.97. The van der Waals surface area contributed by atoms with Gasteiger partial charge in [-0.3, -0.25) is 4.79 Å². The van der Waals surface area contributed by atoms with Crippen LogP contribution in [0.2, 0.25) is 0 Å². The number of alkyl halides is 3. The summed E-state index contributed by atoms with van der Waals surface area (Å²) in [5.41, 5.74) is -0.434. The second kappa shape index (κ2) is 6.44. The van der Waals surface area contributed by atoms with Crippen LogP contribution in [0.1, 0.15) is 37.4 Å². The van der Waals surface area contributed by atoms with E-state index in [-0.39, 0.29) is 18.7 Å². The van der Waals surface area contributed by atoms with E-state index in [0.29, 0.717) is 30.2 Å². The Kier molecular flexibility index (Phi) is 4.43. The first-order valence-electron chi connectivity index (χ1n) is 7.68. The summed E-state index contributed by atoms with van der Waals surface area (Å²) in [6.07, 6.45) is -4.47. The number of fused-ring (bicyclic) bond motifs is 1. The minimum Gasteiger partial charge on any atom is -0.478 e. The Labute approximate surface area is 145 Å². The number of aromatic carboxylic acids is 1. The molecular formula is C18H13F4NO3. The molecule has 0 unspecified atom stereocenters. The van der Waals surface area contributed by atoms with E-state index in [1.54, 1.807) is 0 Å². The molecule has 4 nitrogen and oxygen atoms in total. The van der Waals surface area contributed by atoms with E-state index in [9.17, 15) is 27.2 Å². The topological polar surface area (TPSA) is 57.6 Å². The van der Waals surface area contributed by atoms with E-state index in [1.165, 1.54) is 23.1 Å². The smallest absolute Gasteiger partial charge is 0.417 e. The lowest BCUT2D eigenvalue weighted by molar-refractivity contribution is -0.138. The zero-order valence-corrected chi connectivity index (χ0v) is 13.3. The number of carboxylic acid groups (broad SMARTS) is 1. The molecule has 1 N–H and O–H groups in total. The van der Waals surface area contributed by atoms with E-state index >= 15 is 0 Å². The highest BCUT2D eigenvalue weighted by Gasteiger charge is 2.37. The van der Waals surface area contributed by atoms with Gasteiger partial charge in [-0.05, 0) is 47.9 Å². The summed E-state index contributed by atoms with van der Waals surface area (Å²) in [4.78, 5) is 24.8. The average Bonchev–Trinajstić information content (AvgIpc) is 2.59. The van der Waals surface area contributed by atoms with Gasteiger partial charge in [0.1, 0.15) is 5.82 Å². The number of carbonyl (C=O) groups excluding carboxylic acids is 1. The van der Waals surface area contributed by atoms with E-state index in [4.69, 9.17) is 5.11 Å². The van der Waals surface area contributed by atoms with Crippen molar-refractivity contribution in [3.05, 3.63) is 70.0 Å². The third-order valence-corrected chi connectivity index (χ3v) is 4.27. The van der Waals surface area contributed by atoms with Crippen LogP contribution in [0.15, 0.2) is 36.4 Å². The molecule has 0 aromatic heterocycles. The van der Waals surface area contributed by atoms with Crippen molar-refractivity contribution >= 4 is 11.9 Å². The molecule has 3 rings (SSSR count). The normalized spacial score (nSPS) is 14.1. The first-order valence-corrected chi connectivity index (χ1v) is 7.68. The highest BCUT2D eigenvalue weighted by atomic mass is 19.4. The summed E-state index contributed by atoms with van der Waals surface area (Å²) in [7, 11) is 0. The van der Waals surface area contributed by atoms with Crippen molar-refractivity contribution in [1.82, 2.24) is 4.90 Å². The number of rotatable bonds is 2. The fourth-order valence-electron chi connectivity index (χ4n) is 2.97. The third kappa shape index (κ3) is 3.40. The van der Waals surface area contributed by atoms with Gasteiger partial charge < -0.3 is 10.0 Å². The zero-order chi connectivity index (χ0) is 19.1. The number of carboxylic acids is 1. The van der Waals surface area contributed by atoms with Crippen LogP contribution in [0.25, 0.3) is 0 Å². The Hall–Kier alpha value is -2.90. The minimum atomic E-state index is -4.78. The van der Waals surface area contributed by atoms with Crippen molar-refractivity contribution in [1.29, 1.82) is 0 Å². The summed E-state index contributed by atoms with van der Waals surface area (Å²) in [5, 5.41) is 9.00. The van der Waals surface area contributed by atoms with E-state index < -0.39 is 35.0 Å². The third-order valence-electron chi connectivity index (χ3n) is 4.27. The maximum Gasteiger partial charge on any atom is 0.417 e. The highest BCUT2D eigenvalue weighted by molar-refractivity contribution is 5.96. The van der Waals surface area contributed by atoms with Gasteiger partial charge in [0.15, 0.2) is 0 Å². The van der Waals surface area contributed by atoms with E-state index in [0.717, 1.165) is 5.56 Å². The van der Waals surface area contributed by atoms with Crippen LogP contribution in [-0.4, -0.2) is 28.4 Å². The van der Waals surface area contributed by atoms with Gasteiger partial charge in [0, 0.05) is 13.1 Å². The van der Waals surface area contributed by atoms with E-state index in [2.05, 4.69) is 0 Å². The van der Waals surface area contributed by atoms with Crippen molar-refractivity contribution in [3.8, 4) is 0 Å². The van der Waals surface area contributed by atoms with Crippen LogP contribution in [-0.2, 0) is 19.1 Å². The number of amides is 1. The quantitative estimate of drug-likeness (QED) is 0.823. The predicted molar refractivity (Wildman–Crippen MR) is 83.2 cm³/mol. The zero-order valence-electron chi connectivity index (χ0n) is 13.3. The second-order valence-electron chi connectivity index (χ2n) is 5.95. The summed E-state index contributed by atoms with van der Waals surface area (Å²) in [5.74, 6) is -2.92. The molecule has 0 spiro atoms. The molecular weight excluding hydrogens is 354 g/mol. The van der Waals surface area contributed by atoms with Crippen LogP contribution in [0.4, 0.5) is 17.6 Å². The van der Waals surface area contributed by atoms with Crippen LogP contribution < -0.4 is 0 Å². The molecule has 1 heterocycles. The molecule has 1 amide bonds. The lowest BCUT2D eigenvalue weighted by Crippen LogP contribution is -2.37. The highest BCUT2D eigenvalue weighted by Crippen LogP contribution is 2.33. The second-order valence-corrected chi connectivity index (χ2v) is 5.95. The van der Waals surface area contributed by atoms with Gasteiger partial charge in [-0.1, -0.05) is 6.07 Å². The van der Waals surface area contributed by atoms with E-state index in [1.807, 2.05) is 0 Å². The maximum absolute atomic E-state index is 13.4. The monoisotopic (exact) mass is 367 g/mol. The molecule has 0 saturated carbocycles. The summed E-state index contributed by atoms with van der Waals surface area (Å²) >= 11 is 0. The van der Waals surface area contributed by atoms with Crippen molar-refractivity contribution in [3.63, 3.8) is 0 Å². The molecule has 1 aliphatic heterocycles. The van der Waals surface area contributed by atoms with Crippen molar-refractivity contribution < 1.29 is 32.3 Å². The van der Waals surface area contributed by atoms with Gasteiger partial charge >= 0.3 is 12.1 Å². The molecule has 2 aromatic rings. The van der Waals surface area contributed by atoms with Crippen LogP contribution in [0.3, 0.4) is 0 Å². The largest absolute Gasteiger partial charge is 0.478 e. The predicted octanol–water partition coefficient (Wildman–Crippen LogP) is 3.74. The van der Waals surface area contributed by atoms with Crippen LogP contribution >= 0.6 is 0 Å². The van der Waals surface area contributed by atoms with Gasteiger partial charge in [-0.2, -0.15) is 13.2 Å². The number of carbonyl (C=O) groups is 2. The molecule has 0 atom stereocenters. The average molecular weight is 367 g/mol. The Morgan fingerprint density at radius 3 is 2.42 bits per heavy atom. The SMILES string of the molecule is O=C(O)c1ccc2c(c1)CCN(C(=O)c1cc(F)ccc1C(F)(F)F)C2. The fraction of sp³-hybridized carbons (Fsp3) is 0.222. The number of halogens is 4. The first kappa shape index (κ1) is 17.9. The summed E-state index contributed by atoms with van der Waals surface area (Å²) in [6, 6.07) is 6.21. The van der Waals surface area contributed by atoms with Crippen LogP contribution in [0, 0.1) is 5.82 Å². The Balaban J connectivity index is 1.91. The van der Waals surface area contributed by atoms with Crippen molar-refractivity contribution in [2.24, 2.45) is 0 Å². The van der Waals surface area contributed by atoms with Gasteiger partial charge in [0.05, 0.1) is 16.7 Å². The van der Waals surface area contributed by atoms with Crippen molar-refractivity contribution in [2.45, 2.75) is 19.1 Å². The summed E-state index contributed by atoms with van der Waals surface area (Å²) in [6.45, 7) is 0.143. The minimum absolute atomic E-state index is 0.0296. The molecule has 0 aliphatic carbocycles. The number of benzene rings is 2. The van der Waals surface area contributed by atoms with Gasteiger partial charge in [-0.25, -0.2) is 9.18 Å². The number of hydrogen-bond acceptors (Lipinski definition) is 2. The molecule has 8 heteroatoms. The Morgan fingerprint density at radius 1 is 1.04 bits per heavy atom. The molecule has 136 valence electrons. The van der Waals surface area contributed by atoms with Crippen molar-refractivity contribution in [2.75, 3.05) is 6.54 Å². The standard InChI is InChI=1S/C18H13F4NO3/c19-13-3-4-15(18(20,21)22)14(8-13)16(24)23-6-5-10-7-11(17(25)26)1-2-12(10)9-23/h1-4,7-8H,5-6,9H2,(H,25,26). The lowest BCUT2D eigenvalue weighted by Gasteiger charge is -2.30. The molecule has 2 aromatic carbocycles. The first-order chi connectivity index (χ1) is 12.2. The lowest BCUT2D eigenvalue weighted by atomic mass is 9.96. The van der Waals surface area contributed by atoms with Gasteiger partial charge in [0.2, 0.25) is 0 Å². The molecule has 0 saturated heterocycles.